The number of hydrogen-bond acceptors (Lipinski definition) is 6. The van der Waals surface area contributed by atoms with Crippen molar-refractivity contribution in [2.45, 2.75) is 39.3 Å². The first kappa shape index (κ1) is 25.6. The summed E-state index contributed by atoms with van der Waals surface area (Å²) in [5, 5.41) is 13.8. The predicted octanol–water partition coefficient (Wildman–Crippen LogP) is 3.45. The smallest absolute Gasteiger partial charge is 0.311 e. The first-order valence-electron chi connectivity index (χ1n) is 10.5. The normalized spacial score (nSPS) is 11.4. The van der Waals surface area contributed by atoms with Crippen molar-refractivity contribution in [3.8, 4) is 11.5 Å². The minimum absolute atomic E-state index is 0.00297. The summed E-state index contributed by atoms with van der Waals surface area (Å²) in [7, 11) is 1.29. The van der Waals surface area contributed by atoms with Crippen LogP contribution in [-0.2, 0) is 16.1 Å². The van der Waals surface area contributed by atoms with Crippen LogP contribution < -0.4 is 14.8 Å². The molecule has 2 aromatic carbocycles. The number of amides is 2. The van der Waals surface area contributed by atoms with Crippen molar-refractivity contribution in [3.63, 3.8) is 0 Å². The molecule has 0 saturated heterocycles. The third-order valence-electron chi connectivity index (χ3n) is 4.97. The van der Waals surface area contributed by atoms with E-state index in [1.807, 2.05) is 6.92 Å². The average Bonchev–Trinajstić information content (AvgIpc) is 2.81. The second-order valence-electron chi connectivity index (χ2n) is 7.35. The number of unbranched alkanes of at least 4 members (excludes halogenated alkanes) is 1. The minimum atomic E-state index is -0.797. The van der Waals surface area contributed by atoms with E-state index >= 15 is 0 Å². The molecular weight excluding hydrogens is 433 g/mol. The van der Waals surface area contributed by atoms with Crippen LogP contribution in [-0.4, -0.2) is 47.9 Å². The summed E-state index contributed by atoms with van der Waals surface area (Å²) in [6.45, 7) is 3.78. The van der Waals surface area contributed by atoms with Gasteiger partial charge >= 0.3 is 5.69 Å². The zero-order chi connectivity index (χ0) is 24.4. The van der Waals surface area contributed by atoms with Gasteiger partial charge in [-0.25, -0.2) is 4.39 Å². The Bertz CT molecular complexity index is 967. The van der Waals surface area contributed by atoms with Gasteiger partial charge in [-0.15, -0.1) is 0 Å². The molecular formula is C23H28FN3O6. The zero-order valence-corrected chi connectivity index (χ0v) is 18.9. The van der Waals surface area contributed by atoms with Crippen LogP contribution in [0.2, 0.25) is 0 Å². The molecule has 0 aliphatic carbocycles. The van der Waals surface area contributed by atoms with Crippen molar-refractivity contribution >= 4 is 17.5 Å². The zero-order valence-electron chi connectivity index (χ0n) is 18.9. The standard InChI is InChI=1S/C23H28FN3O6/c1-4-5-12-25-23(29)16(2)26(14-17-6-8-18(24)9-7-17)22(28)15-33-19-10-11-20(27(30)31)21(13-19)32-3/h6-11,13,16H,4-5,12,14-15H2,1-3H3,(H,25,29). The van der Waals surface area contributed by atoms with E-state index in [0.717, 1.165) is 12.8 Å². The Morgan fingerprint density at radius 3 is 2.52 bits per heavy atom. The first-order chi connectivity index (χ1) is 15.8. The largest absolute Gasteiger partial charge is 0.490 e. The SMILES string of the molecule is CCCCNC(=O)C(C)N(Cc1ccc(F)cc1)C(=O)COc1ccc([N+](=O)[O-])c(OC)c1. The number of methoxy groups -OCH3 is 1. The summed E-state index contributed by atoms with van der Waals surface area (Å²) in [5.74, 6) is -0.993. The van der Waals surface area contributed by atoms with Crippen LogP contribution >= 0.6 is 0 Å². The molecule has 0 spiro atoms. The van der Waals surface area contributed by atoms with E-state index in [1.54, 1.807) is 19.1 Å². The van der Waals surface area contributed by atoms with Crippen LogP contribution in [0.4, 0.5) is 10.1 Å². The predicted molar refractivity (Wildman–Crippen MR) is 119 cm³/mol. The van der Waals surface area contributed by atoms with Gasteiger partial charge in [0, 0.05) is 25.2 Å². The van der Waals surface area contributed by atoms with E-state index in [-0.39, 0.29) is 29.6 Å². The summed E-state index contributed by atoms with van der Waals surface area (Å²) in [5.41, 5.74) is 0.418. The number of carbonyl (C=O) groups excluding carboxylic acids is 2. The Balaban J connectivity index is 2.15. The molecule has 0 saturated carbocycles. The second kappa shape index (κ2) is 12.4. The maximum atomic E-state index is 13.3. The van der Waals surface area contributed by atoms with Crippen molar-refractivity contribution in [1.82, 2.24) is 10.2 Å². The Morgan fingerprint density at radius 1 is 1.21 bits per heavy atom. The van der Waals surface area contributed by atoms with E-state index in [4.69, 9.17) is 9.47 Å². The molecule has 1 N–H and O–H groups in total. The fourth-order valence-electron chi connectivity index (χ4n) is 3.03. The lowest BCUT2D eigenvalue weighted by atomic mass is 10.1. The molecule has 0 heterocycles. The second-order valence-corrected chi connectivity index (χ2v) is 7.35. The third kappa shape index (κ3) is 7.44. The molecule has 1 atom stereocenters. The van der Waals surface area contributed by atoms with Gasteiger partial charge in [0.05, 0.1) is 12.0 Å². The van der Waals surface area contributed by atoms with Gasteiger partial charge in [-0.1, -0.05) is 25.5 Å². The minimum Gasteiger partial charge on any atom is -0.490 e. The lowest BCUT2D eigenvalue weighted by Crippen LogP contribution is -2.49. The summed E-state index contributed by atoms with van der Waals surface area (Å²) in [6.07, 6.45) is 1.73. The lowest BCUT2D eigenvalue weighted by molar-refractivity contribution is -0.385. The fourth-order valence-corrected chi connectivity index (χ4v) is 3.03. The topological polar surface area (TPSA) is 111 Å². The van der Waals surface area contributed by atoms with Crippen molar-refractivity contribution in [2.75, 3.05) is 20.3 Å². The molecule has 0 bridgehead atoms. The van der Waals surface area contributed by atoms with Crippen LogP contribution in [0.1, 0.15) is 32.3 Å². The van der Waals surface area contributed by atoms with Crippen LogP contribution in [0, 0.1) is 15.9 Å². The van der Waals surface area contributed by atoms with E-state index in [9.17, 15) is 24.1 Å². The molecule has 2 rings (SSSR count). The molecule has 0 aliphatic heterocycles. The highest BCUT2D eigenvalue weighted by Crippen LogP contribution is 2.30. The quantitative estimate of drug-likeness (QED) is 0.294. The van der Waals surface area contributed by atoms with Crippen molar-refractivity contribution in [3.05, 3.63) is 64.0 Å². The molecule has 2 aromatic rings. The number of carbonyl (C=O) groups is 2. The van der Waals surface area contributed by atoms with Crippen molar-refractivity contribution in [1.29, 1.82) is 0 Å². The summed E-state index contributed by atoms with van der Waals surface area (Å²) < 4.78 is 23.8. The van der Waals surface area contributed by atoms with Gasteiger partial charge in [0.1, 0.15) is 17.6 Å². The first-order valence-corrected chi connectivity index (χ1v) is 10.5. The molecule has 33 heavy (non-hydrogen) atoms. The number of halogens is 1. The van der Waals surface area contributed by atoms with Crippen molar-refractivity contribution in [2.24, 2.45) is 0 Å². The fraction of sp³-hybridized carbons (Fsp3) is 0.391. The van der Waals surface area contributed by atoms with Crippen LogP contribution in [0.3, 0.4) is 0 Å². The third-order valence-corrected chi connectivity index (χ3v) is 4.97. The number of nitro benzene ring substituents is 1. The summed E-state index contributed by atoms with van der Waals surface area (Å²) in [4.78, 5) is 37.4. The number of ether oxygens (including phenoxy) is 2. The maximum Gasteiger partial charge on any atom is 0.311 e. The number of nitro groups is 1. The Morgan fingerprint density at radius 2 is 1.91 bits per heavy atom. The molecule has 178 valence electrons. The van der Waals surface area contributed by atoms with Gasteiger partial charge in [0.2, 0.25) is 11.7 Å². The van der Waals surface area contributed by atoms with Gasteiger partial charge in [-0.05, 0) is 37.1 Å². The molecule has 1 unspecified atom stereocenters. The molecule has 0 aromatic heterocycles. The van der Waals surface area contributed by atoms with Gasteiger partial charge < -0.3 is 19.7 Å². The molecule has 2 amide bonds. The molecule has 10 heteroatoms. The van der Waals surface area contributed by atoms with Gasteiger partial charge in [-0.2, -0.15) is 0 Å². The monoisotopic (exact) mass is 461 g/mol. The Kier molecular flexibility index (Phi) is 9.59. The Hall–Kier alpha value is -3.69. The van der Waals surface area contributed by atoms with Gasteiger partial charge in [-0.3, -0.25) is 19.7 Å². The number of benzene rings is 2. The highest BCUT2D eigenvalue weighted by atomic mass is 19.1. The van der Waals surface area contributed by atoms with Gasteiger partial charge in [0.15, 0.2) is 6.61 Å². The summed E-state index contributed by atoms with van der Waals surface area (Å²) in [6, 6.07) is 8.75. The van der Waals surface area contributed by atoms with Crippen LogP contribution in [0.15, 0.2) is 42.5 Å². The van der Waals surface area contributed by atoms with Gasteiger partial charge in [0.25, 0.3) is 5.91 Å². The molecule has 0 aliphatic rings. The molecule has 0 fully saturated rings. The van der Waals surface area contributed by atoms with Crippen LogP contribution in [0.25, 0.3) is 0 Å². The Labute approximate surface area is 191 Å². The van der Waals surface area contributed by atoms with Crippen LogP contribution in [0.5, 0.6) is 11.5 Å². The molecule has 9 nitrogen and oxygen atoms in total. The van der Waals surface area contributed by atoms with E-state index in [2.05, 4.69) is 5.32 Å². The number of nitrogens with one attached hydrogen (secondary N) is 1. The number of nitrogens with zero attached hydrogens (tertiary/aromatic N) is 2. The van der Waals surface area contributed by atoms with E-state index in [0.29, 0.717) is 12.1 Å². The number of hydrogen-bond donors (Lipinski definition) is 1. The van der Waals surface area contributed by atoms with E-state index in [1.165, 1.54) is 42.3 Å². The maximum absolute atomic E-state index is 13.3. The molecule has 0 radical (unpaired) electrons. The average molecular weight is 461 g/mol. The van der Waals surface area contributed by atoms with E-state index < -0.39 is 29.3 Å². The lowest BCUT2D eigenvalue weighted by Gasteiger charge is -2.28. The van der Waals surface area contributed by atoms with Crippen molar-refractivity contribution < 1.29 is 28.4 Å². The summed E-state index contributed by atoms with van der Waals surface area (Å²) >= 11 is 0. The number of rotatable bonds is 12. The highest BCUT2D eigenvalue weighted by molar-refractivity contribution is 5.88. The highest BCUT2D eigenvalue weighted by Gasteiger charge is 2.26.